The number of aromatic nitrogens is 2. The second-order valence-corrected chi connectivity index (χ2v) is 3.86. The van der Waals surface area contributed by atoms with Crippen LogP contribution in [0.15, 0.2) is 12.3 Å². The maximum atomic E-state index is 12.3. The van der Waals surface area contributed by atoms with E-state index >= 15 is 0 Å². The minimum Gasteiger partial charge on any atom is -0.345 e. The van der Waals surface area contributed by atoms with E-state index in [2.05, 4.69) is 9.97 Å². The molecule has 1 aromatic rings. The van der Waals surface area contributed by atoms with E-state index in [4.69, 9.17) is 11.6 Å². The summed E-state index contributed by atoms with van der Waals surface area (Å²) in [5, 5.41) is -0.0645. The Labute approximate surface area is 96.3 Å². The average Bonchev–Trinajstić information content (AvgIpc) is 2.12. The molecule has 0 fully saturated rings. The maximum absolute atomic E-state index is 12.3. The van der Waals surface area contributed by atoms with E-state index in [1.165, 1.54) is 12.3 Å². The van der Waals surface area contributed by atoms with Crippen LogP contribution in [-0.2, 0) is 0 Å². The van der Waals surface area contributed by atoms with Crippen LogP contribution in [0.5, 0.6) is 0 Å². The molecule has 0 aromatic carbocycles. The normalized spacial score (nSPS) is 11.9. The number of hydrogen-bond donors (Lipinski definition) is 0. The first-order valence-electron chi connectivity index (χ1n) is 4.61. The number of nitrogens with zero attached hydrogens (tertiary/aromatic N) is 3. The van der Waals surface area contributed by atoms with Gasteiger partial charge in [0.25, 0.3) is 0 Å². The van der Waals surface area contributed by atoms with Gasteiger partial charge in [0, 0.05) is 12.2 Å². The molecule has 16 heavy (non-hydrogen) atoms. The third-order valence-electron chi connectivity index (χ3n) is 1.88. The first kappa shape index (κ1) is 13.0. The molecule has 90 valence electrons. The van der Waals surface area contributed by atoms with Gasteiger partial charge in [-0.2, -0.15) is 13.2 Å². The molecule has 0 saturated heterocycles. The van der Waals surface area contributed by atoms with Gasteiger partial charge in [-0.05, 0) is 31.5 Å². The first-order valence-corrected chi connectivity index (χ1v) is 4.99. The predicted octanol–water partition coefficient (Wildman–Crippen LogP) is 2.91. The molecule has 0 aliphatic rings. The minimum absolute atomic E-state index is 0.0645. The SMILES string of the molecule is CC(C)N(CC(F)(F)F)c1ccnc(Cl)n1. The molecule has 0 aliphatic carbocycles. The second kappa shape index (κ2) is 4.86. The van der Waals surface area contributed by atoms with Crippen LogP contribution >= 0.6 is 11.6 Å². The zero-order valence-corrected chi connectivity index (χ0v) is 9.55. The summed E-state index contributed by atoms with van der Waals surface area (Å²) in [4.78, 5) is 8.50. The lowest BCUT2D eigenvalue weighted by Crippen LogP contribution is -2.39. The van der Waals surface area contributed by atoms with E-state index in [-0.39, 0.29) is 17.1 Å². The highest BCUT2D eigenvalue weighted by molar-refractivity contribution is 6.28. The Morgan fingerprint density at radius 3 is 2.50 bits per heavy atom. The Morgan fingerprint density at radius 2 is 2.06 bits per heavy atom. The van der Waals surface area contributed by atoms with Crippen molar-refractivity contribution in [1.29, 1.82) is 0 Å². The highest BCUT2D eigenvalue weighted by Gasteiger charge is 2.32. The Hall–Kier alpha value is -1.04. The van der Waals surface area contributed by atoms with Crippen molar-refractivity contribution in [2.75, 3.05) is 11.4 Å². The maximum Gasteiger partial charge on any atom is 0.405 e. The van der Waals surface area contributed by atoms with E-state index < -0.39 is 12.7 Å². The monoisotopic (exact) mass is 253 g/mol. The number of alkyl halides is 3. The molecule has 0 bridgehead atoms. The number of hydrogen-bond acceptors (Lipinski definition) is 3. The Morgan fingerprint density at radius 1 is 1.44 bits per heavy atom. The summed E-state index contributed by atoms with van der Waals surface area (Å²) < 4.78 is 37.0. The van der Waals surface area contributed by atoms with Gasteiger partial charge in [0.05, 0.1) is 0 Å². The quantitative estimate of drug-likeness (QED) is 0.776. The summed E-state index contributed by atoms with van der Waals surface area (Å²) in [6, 6.07) is 1.07. The lowest BCUT2D eigenvalue weighted by atomic mass is 10.3. The lowest BCUT2D eigenvalue weighted by Gasteiger charge is -2.28. The van der Waals surface area contributed by atoms with E-state index in [1.54, 1.807) is 13.8 Å². The van der Waals surface area contributed by atoms with Gasteiger partial charge in [-0.3, -0.25) is 0 Å². The van der Waals surface area contributed by atoms with Crippen molar-refractivity contribution in [3.63, 3.8) is 0 Å². The first-order chi connectivity index (χ1) is 7.29. The van der Waals surface area contributed by atoms with Gasteiger partial charge in [0.2, 0.25) is 5.28 Å². The molecule has 7 heteroatoms. The molecule has 0 unspecified atom stereocenters. The molecule has 0 atom stereocenters. The summed E-state index contributed by atoms with van der Waals surface area (Å²) in [6.07, 6.45) is -2.95. The highest BCUT2D eigenvalue weighted by atomic mass is 35.5. The second-order valence-electron chi connectivity index (χ2n) is 3.52. The molecule has 0 spiro atoms. The van der Waals surface area contributed by atoms with Gasteiger partial charge in [-0.15, -0.1) is 0 Å². The lowest BCUT2D eigenvalue weighted by molar-refractivity contribution is -0.120. The van der Waals surface area contributed by atoms with Crippen LogP contribution in [0.3, 0.4) is 0 Å². The van der Waals surface area contributed by atoms with Crippen molar-refractivity contribution in [2.24, 2.45) is 0 Å². The predicted molar refractivity (Wildman–Crippen MR) is 55.6 cm³/mol. The van der Waals surface area contributed by atoms with Crippen LogP contribution < -0.4 is 4.90 Å². The minimum atomic E-state index is -4.28. The average molecular weight is 254 g/mol. The zero-order valence-electron chi connectivity index (χ0n) is 8.79. The van der Waals surface area contributed by atoms with Crippen LogP contribution in [0.2, 0.25) is 5.28 Å². The van der Waals surface area contributed by atoms with Crippen LogP contribution in [-0.4, -0.2) is 28.7 Å². The molecule has 3 nitrogen and oxygen atoms in total. The molecule has 1 rings (SSSR count). The Balaban J connectivity index is 2.94. The van der Waals surface area contributed by atoms with Crippen molar-refractivity contribution < 1.29 is 13.2 Å². The van der Waals surface area contributed by atoms with Crippen molar-refractivity contribution >= 4 is 17.4 Å². The van der Waals surface area contributed by atoms with Gasteiger partial charge in [-0.1, -0.05) is 0 Å². The largest absolute Gasteiger partial charge is 0.405 e. The summed E-state index contributed by atoms with van der Waals surface area (Å²) in [6.45, 7) is 2.25. The molecule has 0 saturated carbocycles. The standard InChI is InChI=1S/C9H11ClF3N3/c1-6(2)16(5-9(11,12)13)7-3-4-14-8(10)15-7/h3-4,6H,5H2,1-2H3. The molecule has 0 amide bonds. The molecule has 0 aliphatic heterocycles. The smallest absolute Gasteiger partial charge is 0.345 e. The van der Waals surface area contributed by atoms with E-state index in [0.717, 1.165) is 4.90 Å². The Kier molecular flexibility index (Phi) is 3.96. The fraction of sp³-hybridized carbons (Fsp3) is 0.556. The molecule has 1 aromatic heterocycles. The molecule has 0 N–H and O–H groups in total. The third-order valence-corrected chi connectivity index (χ3v) is 2.06. The summed E-state index contributed by atoms with van der Waals surface area (Å²) in [7, 11) is 0. The van der Waals surface area contributed by atoms with Crippen LogP contribution in [0.4, 0.5) is 19.0 Å². The van der Waals surface area contributed by atoms with Crippen LogP contribution in [0.25, 0.3) is 0 Å². The molecule has 1 heterocycles. The van der Waals surface area contributed by atoms with Gasteiger partial charge in [-0.25, -0.2) is 9.97 Å². The number of anilines is 1. The van der Waals surface area contributed by atoms with Gasteiger partial charge >= 0.3 is 6.18 Å². The van der Waals surface area contributed by atoms with E-state index in [0.29, 0.717) is 0 Å². The van der Waals surface area contributed by atoms with Crippen molar-refractivity contribution in [3.05, 3.63) is 17.5 Å². The highest BCUT2D eigenvalue weighted by Crippen LogP contribution is 2.22. The number of halogens is 4. The summed E-state index contributed by atoms with van der Waals surface area (Å²) >= 11 is 5.53. The topological polar surface area (TPSA) is 29.0 Å². The fourth-order valence-corrected chi connectivity index (χ4v) is 1.35. The van der Waals surface area contributed by atoms with Crippen LogP contribution in [0.1, 0.15) is 13.8 Å². The van der Waals surface area contributed by atoms with Gasteiger partial charge in [0.1, 0.15) is 12.4 Å². The van der Waals surface area contributed by atoms with Crippen molar-refractivity contribution in [2.45, 2.75) is 26.1 Å². The Bertz CT molecular complexity index is 354. The molecular weight excluding hydrogens is 243 g/mol. The fourth-order valence-electron chi connectivity index (χ4n) is 1.21. The van der Waals surface area contributed by atoms with Crippen molar-refractivity contribution in [1.82, 2.24) is 9.97 Å². The summed E-state index contributed by atoms with van der Waals surface area (Å²) in [5.74, 6) is 0.173. The molecular formula is C9H11ClF3N3. The van der Waals surface area contributed by atoms with Gasteiger partial charge < -0.3 is 4.90 Å². The third kappa shape index (κ3) is 3.84. The zero-order chi connectivity index (χ0) is 12.3. The van der Waals surface area contributed by atoms with E-state index in [9.17, 15) is 13.2 Å². The number of rotatable bonds is 3. The molecule has 0 radical (unpaired) electrons. The van der Waals surface area contributed by atoms with Crippen LogP contribution in [0, 0.1) is 0 Å². The van der Waals surface area contributed by atoms with Crippen molar-refractivity contribution in [3.8, 4) is 0 Å². The summed E-state index contributed by atoms with van der Waals surface area (Å²) in [5.41, 5.74) is 0. The van der Waals surface area contributed by atoms with E-state index in [1.807, 2.05) is 0 Å². The van der Waals surface area contributed by atoms with Gasteiger partial charge in [0.15, 0.2) is 0 Å².